The van der Waals surface area contributed by atoms with Gasteiger partial charge in [-0.2, -0.15) is 0 Å². The van der Waals surface area contributed by atoms with Crippen molar-refractivity contribution in [3.05, 3.63) is 118 Å². The van der Waals surface area contributed by atoms with Crippen molar-refractivity contribution in [2.24, 2.45) is 0 Å². The molecular weight excluding hydrogens is 403 g/mol. The number of rotatable bonds is 4. The number of unbranched alkanes of at least 4 members (excludes halogenated alkanes) is 1. The van der Waals surface area contributed by atoms with Gasteiger partial charge in [0.05, 0.1) is 0 Å². The maximum absolute atomic E-state index is 14.8. The molecule has 0 fully saturated rings. The maximum Gasteiger partial charge on any atom is 0.134 e. The maximum atomic E-state index is 14.8. The Hall–Kier alpha value is -3.81. The Bertz CT molecular complexity index is 1370. The quantitative estimate of drug-likeness (QED) is 0.291. The number of benzene rings is 4. The van der Waals surface area contributed by atoms with E-state index in [1.807, 2.05) is 54.6 Å². The van der Waals surface area contributed by atoms with Crippen molar-refractivity contribution in [2.75, 3.05) is 0 Å². The average molecular weight is 431 g/mol. The molecule has 0 aromatic heterocycles. The number of hydrogen-bond donors (Lipinski definition) is 0. The third-order valence-electron chi connectivity index (χ3n) is 5.78. The minimum Gasteiger partial charge on any atom is -0.206 e. The summed E-state index contributed by atoms with van der Waals surface area (Å²) in [7, 11) is 0. The summed E-state index contributed by atoms with van der Waals surface area (Å²) in [6.45, 7) is 4.27. The normalized spacial score (nSPS) is 10.3. The van der Waals surface area contributed by atoms with Gasteiger partial charge >= 0.3 is 0 Å². The van der Waals surface area contributed by atoms with E-state index in [1.54, 1.807) is 0 Å². The van der Waals surface area contributed by atoms with Crippen molar-refractivity contribution in [1.82, 2.24) is 0 Å². The molecule has 0 nitrogen and oxygen atoms in total. The molecular formula is C32H27F. The van der Waals surface area contributed by atoms with Crippen LogP contribution in [0.25, 0.3) is 10.8 Å². The fourth-order valence-electron chi connectivity index (χ4n) is 3.72. The Kier molecular flexibility index (Phi) is 7.24. The number of fused-ring (bicyclic) bond motifs is 1. The van der Waals surface area contributed by atoms with Crippen LogP contribution < -0.4 is 0 Å². The first kappa shape index (κ1) is 22.4. The Morgan fingerprint density at radius 3 is 1.76 bits per heavy atom. The second kappa shape index (κ2) is 10.7. The van der Waals surface area contributed by atoms with Gasteiger partial charge in [0.25, 0.3) is 0 Å². The average Bonchev–Trinajstić information content (AvgIpc) is 2.87. The van der Waals surface area contributed by atoms with E-state index in [9.17, 15) is 4.39 Å². The van der Waals surface area contributed by atoms with Crippen molar-refractivity contribution in [3.63, 3.8) is 0 Å². The van der Waals surface area contributed by atoms with E-state index in [4.69, 9.17) is 0 Å². The molecule has 4 rings (SSSR count). The third-order valence-corrected chi connectivity index (χ3v) is 5.78. The summed E-state index contributed by atoms with van der Waals surface area (Å²) in [4.78, 5) is 0. The Labute approximate surface area is 196 Å². The van der Waals surface area contributed by atoms with Crippen molar-refractivity contribution in [3.8, 4) is 23.7 Å². The van der Waals surface area contributed by atoms with E-state index in [0.29, 0.717) is 5.39 Å². The van der Waals surface area contributed by atoms with Crippen LogP contribution in [0.1, 0.15) is 60.1 Å². The first-order valence-corrected chi connectivity index (χ1v) is 11.6. The third kappa shape index (κ3) is 5.71. The highest BCUT2D eigenvalue weighted by Gasteiger charge is 2.07. The molecule has 0 aliphatic carbocycles. The van der Waals surface area contributed by atoms with Crippen molar-refractivity contribution in [2.45, 2.75) is 39.5 Å². The summed E-state index contributed by atoms with van der Waals surface area (Å²) in [5.74, 6) is 12.7. The summed E-state index contributed by atoms with van der Waals surface area (Å²) in [5, 5.41) is 1.55. The van der Waals surface area contributed by atoms with E-state index < -0.39 is 0 Å². The molecule has 0 radical (unpaired) electrons. The fourth-order valence-corrected chi connectivity index (χ4v) is 3.72. The summed E-state index contributed by atoms with van der Waals surface area (Å²) in [6.07, 6.45) is 3.88. The predicted molar refractivity (Wildman–Crippen MR) is 137 cm³/mol. The van der Waals surface area contributed by atoms with Gasteiger partial charge in [-0.3, -0.25) is 0 Å². The topological polar surface area (TPSA) is 0 Å². The van der Waals surface area contributed by atoms with Gasteiger partial charge in [-0.15, -0.1) is 0 Å². The van der Waals surface area contributed by atoms with Gasteiger partial charge < -0.3 is 0 Å². The second-order valence-electron chi connectivity index (χ2n) is 8.21. The zero-order chi connectivity index (χ0) is 23.0. The molecule has 0 aliphatic rings. The minimum absolute atomic E-state index is 0.0986. The van der Waals surface area contributed by atoms with Gasteiger partial charge in [-0.05, 0) is 84.3 Å². The first-order valence-electron chi connectivity index (χ1n) is 11.6. The van der Waals surface area contributed by atoms with Crippen LogP contribution >= 0.6 is 0 Å². The van der Waals surface area contributed by atoms with E-state index in [1.165, 1.54) is 5.56 Å². The molecule has 0 saturated carbocycles. The van der Waals surface area contributed by atoms with Crippen LogP contribution in [0.15, 0.2) is 78.9 Å². The van der Waals surface area contributed by atoms with E-state index in [2.05, 4.69) is 61.8 Å². The Morgan fingerprint density at radius 1 is 0.636 bits per heavy atom. The van der Waals surface area contributed by atoms with Crippen molar-refractivity contribution < 1.29 is 4.39 Å². The fraction of sp³-hybridized carbons (Fsp3) is 0.188. The summed E-state index contributed by atoms with van der Waals surface area (Å²) in [6, 6.07) is 25.9. The van der Waals surface area contributed by atoms with Crippen molar-refractivity contribution in [1.29, 1.82) is 0 Å². The highest BCUT2D eigenvalue weighted by molar-refractivity contribution is 5.85. The van der Waals surface area contributed by atoms with Gasteiger partial charge in [0, 0.05) is 27.6 Å². The summed E-state index contributed by atoms with van der Waals surface area (Å²) < 4.78 is 14.8. The number of aryl methyl sites for hydroxylation is 2. The monoisotopic (exact) mass is 430 g/mol. The highest BCUT2D eigenvalue weighted by atomic mass is 19.1. The van der Waals surface area contributed by atoms with E-state index >= 15 is 0 Å². The lowest BCUT2D eigenvalue weighted by Gasteiger charge is -2.06. The molecule has 0 bridgehead atoms. The zero-order valence-electron chi connectivity index (χ0n) is 19.2. The van der Waals surface area contributed by atoms with Gasteiger partial charge in [0.2, 0.25) is 0 Å². The van der Waals surface area contributed by atoms with Gasteiger partial charge in [-0.1, -0.05) is 74.3 Å². The molecule has 0 saturated heterocycles. The Morgan fingerprint density at radius 2 is 1.18 bits per heavy atom. The molecule has 1 heteroatoms. The summed E-state index contributed by atoms with van der Waals surface area (Å²) >= 11 is 0. The first-order chi connectivity index (χ1) is 16.2. The number of halogens is 1. The van der Waals surface area contributed by atoms with Crippen LogP contribution in [0.3, 0.4) is 0 Å². The van der Waals surface area contributed by atoms with Crippen LogP contribution in [0.2, 0.25) is 0 Å². The lowest BCUT2D eigenvalue weighted by Crippen LogP contribution is -1.92. The van der Waals surface area contributed by atoms with Crippen LogP contribution in [0.4, 0.5) is 4.39 Å². The van der Waals surface area contributed by atoms with Gasteiger partial charge in [-0.25, -0.2) is 4.39 Å². The lowest BCUT2D eigenvalue weighted by molar-refractivity contribution is 0.614. The predicted octanol–water partition coefficient (Wildman–Crippen LogP) is 7.68. The molecule has 33 heavy (non-hydrogen) atoms. The molecule has 162 valence electrons. The van der Waals surface area contributed by atoms with Crippen LogP contribution in [-0.4, -0.2) is 0 Å². The standard InChI is InChI=1S/C32H27F/c1-3-5-6-29-20-21-30-23-28(19-22-31(30)32(29)33)18-17-27-15-13-26(14-16-27)12-11-25-9-7-24(4-2)8-10-25/h7-10,13-16,19-23H,3-6H2,1-2H3. The zero-order valence-corrected chi connectivity index (χ0v) is 19.2. The molecule has 0 unspecified atom stereocenters. The van der Waals surface area contributed by atoms with Gasteiger partial charge in [0.15, 0.2) is 0 Å². The van der Waals surface area contributed by atoms with Crippen LogP contribution in [-0.2, 0) is 12.8 Å². The van der Waals surface area contributed by atoms with Crippen molar-refractivity contribution >= 4 is 10.8 Å². The van der Waals surface area contributed by atoms with E-state index in [0.717, 1.165) is 58.9 Å². The molecule has 0 aliphatic heterocycles. The molecule has 0 heterocycles. The smallest absolute Gasteiger partial charge is 0.134 e. The minimum atomic E-state index is -0.0986. The van der Waals surface area contributed by atoms with Crippen LogP contribution in [0.5, 0.6) is 0 Å². The Balaban J connectivity index is 1.48. The lowest BCUT2D eigenvalue weighted by atomic mass is 10.0. The number of hydrogen-bond acceptors (Lipinski definition) is 0. The largest absolute Gasteiger partial charge is 0.206 e. The van der Waals surface area contributed by atoms with Crippen LogP contribution in [0, 0.1) is 29.5 Å². The molecule has 4 aromatic carbocycles. The molecule has 0 amide bonds. The molecule has 4 aromatic rings. The van der Waals surface area contributed by atoms with Gasteiger partial charge in [0.1, 0.15) is 5.82 Å². The second-order valence-corrected chi connectivity index (χ2v) is 8.21. The molecule has 0 atom stereocenters. The summed E-state index contributed by atoms with van der Waals surface area (Å²) in [5.41, 5.74) is 5.89. The highest BCUT2D eigenvalue weighted by Crippen LogP contribution is 2.23. The SMILES string of the molecule is CCCCc1ccc2cc(C#Cc3ccc(C#Cc4ccc(CC)cc4)cc3)ccc2c1F. The molecule has 0 N–H and O–H groups in total. The van der Waals surface area contributed by atoms with E-state index in [-0.39, 0.29) is 5.82 Å². The molecule has 0 spiro atoms.